The predicted octanol–water partition coefficient (Wildman–Crippen LogP) is 6.59. The van der Waals surface area contributed by atoms with Crippen LogP contribution in [0.15, 0.2) is 60.3 Å². The third kappa shape index (κ3) is 6.92. The van der Waals surface area contributed by atoms with Crippen LogP contribution in [-0.4, -0.2) is 26.4 Å². The minimum Gasteiger partial charge on any atom is -0.324 e. The number of carbonyl (C=O) groups is 1. The van der Waals surface area contributed by atoms with E-state index in [9.17, 15) is 4.79 Å². The number of benzene rings is 2. The van der Waals surface area contributed by atoms with Crippen molar-refractivity contribution in [3.63, 3.8) is 0 Å². The average Bonchev–Trinajstić information content (AvgIpc) is 3.13. The number of nitrogens with one attached hydrogen (secondary N) is 1. The van der Waals surface area contributed by atoms with Crippen LogP contribution in [-0.2, 0) is 22.8 Å². The number of amides is 1. The maximum Gasteiger partial charge on any atom is 0.234 e. The van der Waals surface area contributed by atoms with Gasteiger partial charge in [0.2, 0.25) is 5.91 Å². The highest BCUT2D eigenvalue weighted by Gasteiger charge is 2.14. The Balaban J connectivity index is 1.57. The van der Waals surface area contributed by atoms with E-state index in [0.717, 1.165) is 17.1 Å². The van der Waals surface area contributed by atoms with Crippen LogP contribution in [0.3, 0.4) is 0 Å². The average molecular weight is 514 g/mol. The number of aromatic nitrogens is 3. The smallest absolute Gasteiger partial charge is 0.234 e. The molecule has 0 saturated heterocycles. The summed E-state index contributed by atoms with van der Waals surface area (Å²) in [5, 5.41) is 13.6. The molecule has 162 valence electrons. The molecule has 0 atom stereocenters. The highest BCUT2D eigenvalue weighted by molar-refractivity contribution is 7.99. The fraction of sp³-hybridized carbons (Fsp3) is 0.190. The van der Waals surface area contributed by atoms with Crippen molar-refractivity contribution < 1.29 is 4.79 Å². The molecule has 0 unspecified atom stereocenters. The zero-order valence-corrected chi connectivity index (χ0v) is 20.3. The predicted molar refractivity (Wildman–Crippen MR) is 132 cm³/mol. The number of hydrogen-bond donors (Lipinski definition) is 1. The molecule has 31 heavy (non-hydrogen) atoms. The van der Waals surface area contributed by atoms with E-state index in [0.29, 0.717) is 38.2 Å². The summed E-state index contributed by atoms with van der Waals surface area (Å²) in [4.78, 5) is 12.3. The van der Waals surface area contributed by atoms with Gasteiger partial charge in [-0.1, -0.05) is 70.8 Å². The van der Waals surface area contributed by atoms with Gasteiger partial charge in [0.15, 0.2) is 5.16 Å². The third-order valence-electron chi connectivity index (χ3n) is 4.07. The van der Waals surface area contributed by atoms with Gasteiger partial charge < -0.3 is 9.88 Å². The molecule has 0 saturated carbocycles. The van der Waals surface area contributed by atoms with E-state index in [4.69, 9.17) is 34.8 Å². The molecular weight excluding hydrogens is 495 g/mol. The summed E-state index contributed by atoms with van der Waals surface area (Å²) in [5.74, 6) is 2.27. The summed E-state index contributed by atoms with van der Waals surface area (Å²) in [5.41, 5.74) is 1.67. The lowest BCUT2D eigenvalue weighted by Crippen LogP contribution is -2.15. The molecule has 1 N–H and O–H groups in total. The number of hydrogen-bond acceptors (Lipinski definition) is 5. The largest absolute Gasteiger partial charge is 0.324 e. The summed E-state index contributed by atoms with van der Waals surface area (Å²) in [6, 6.07) is 12.7. The first-order valence-electron chi connectivity index (χ1n) is 9.19. The van der Waals surface area contributed by atoms with Crippen LogP contribution < -0.4 is 5.32 Å². The topological polar surface area (TPSA) is 59.8 Å². The molecule has 0 radical (unpaired) electrons. The molecule has 0 aliphatic carbocycles. The number of para-hydroxylation sites is 1. The van der Waals surface area contributed by atoms with Gasteiger partial charge in [-0.05, 0) is 29.8 Å². The molecule has 0 spiro atoms. The minimum absolute atomic E-state index is 0.165. The van der Waals surface area contributed by atoms with Gasteiger partial charge in [-0.25, -0.2) is 0 Å². The molecule has 1 heterocycles. The first-order valence-corrected chi connectivity index (χ1v) is 12.5. The monoisotopic (exact) mass is 512 g/mol. The number of carbonyl (C=O) groups excluding carboxylic acids is 1. The molecule has 1 aromatic heterocycles. The summed E-state index contributed by atoms with van der Waals surface area (Å²) < 4.78 is 1.96. The molecule has 3 rings (SSSR count). The highest BCUT2D eigenvalue weighted by Crippen LogP contribution is 2.27. The van der Waals surface area contributed by atoms with E-state index in [1.165, 1.54) is 11.8 Å². The minimum atomic E-state index is -0.165. The number of rotatable bonds is 10. The van der Waals surface area contributed by atoms with E-state index >= 15 is 0 Å². The summed E-state index contributed by atoms with van der Waals surface area (Å²) in [6.45, 7) is 4.37. The molecule has 2 aromatic carbocycles. The number of anilines is 1. The number of halogens is 3. The van der Waals surface area contributed by atoms with Crippen LogP contribution in [0.1, 0.15) is 11.4 Å². The third-order valence-corrected chi connectivity index (χ3v) is 7.10. The second kappa shape index (κ2) is 11.8. The van der Waals surface area contributed by atoms with E-state index in [2.05, 4.69) is 22.1 Å². The lowest BCUT2D eigenvalue weighted by Gasteiger charge is -2.09. The van der Waals surface area contributed by atoms with E-state index in [1.54, 1.807) is 36.0 Å². The standard InChI is InChI=1S/C21H19Cl3N4OS2/c1-2-9-28-19(12-30-11-14-7-8-15(22)17(24)10-14)26-27-21(28)31-13-20(29)25-18-6-4-3-5-16(18)23/h2-8,10H,1,9,11-13H2,(H,25,29). The first-order chi connectivity index (χ1) is 15.0. The fourth-order valence-electron chi connectivity index (χ4n) is 2.61. The van der Waals surface area contributed by atoms with E-state index in [-0.39, 0.29) is 11.7 Å². The summed E-state index contributed by atoms with van der Waals surface area (Å²) >= 11 is 21.1. The summed E-state index contributed by atoms with van der Waals surface area (Å²) in [6.07, 6.45) is 1.78. The van der Waals surface area contributed by atoms with Gasteiger partial charge in [0.05, 0.1) is 32.3 Å². The lowest BCUT2D eigenvalue weighted by atomic mass is 10.2. The van der Waals surface area contributed by atoms with Gasteiger partial charge >= 0.3 is 0 Å². The number of thioether (sulfide) groups is 2. The zero-order chi connectivity index (χ0) is 22.2. The molecule has 3 aromatic rings. The normalized spacial score (nSPS) is 10.8. The zero-order valence-electron chi connectivity index (χ0n) is 16.4. The van der Waals surface area contributed by atoms with Crippen LogP contribution in [0.2, 0.25) is 15.1 Å². The molecule has 0 aliphatic heterocycles. The van der Waals surface area contributed by atoms with Crippen LogP contribution >= 0.6 is 58.3 Å². The molecule has 0 aliphatic rings. The molecule has 0 fully saturated rings. The Kier molecular flexibility index (Phi) is 9.16. The van der Waals surface area contributed by atoms with Gasteiger partial charge in [-0.15, -0.1) is 28.5 Å². The van der Waals surface area contributed by atoms with Crippen LogP contribution in [0.5, 0.6) is 0 Å². The van der Waals surface area contributed by atoms with Crippen molar-refractivity contribution in [1.82, 2.24) is 14.8 Å². The Hall–Kier alpha value is -1.64. The Labute approximate surface area is 204 Å². The van der Waals surface area contributed by atoms with Crippen molar-refractivity contribution in [1.29, 1.82) is 0 Å². The maximum atomic E-state index is 12.3. The van der Waals surface area contributed by atoms with Crippen LogP contribution in [0, 0.1) is 0 Å². The quantitative estimate of drug-likeness (QED) is 0.245. The van der Waals surface area contributed by atoms with Crippen molar-refractivity contribution in [2.75, 3.05) is 11.1 Å². The second-order valence-electron chi connectivity index (χ2n) is 6.36. The van der Waals surface area contributed by atoms with Crippen molar-refractivity contribution in [2.45, 2.75) is 23.2 Å². The highest BCUT2D eigenvalue weighted by atomic mass is 35.5. The SMILES string of the molecule is C=CCn1c(CSCc2ccc(Cl)c(Cl)c2)nnc1SCC(=O)Nc1ccccc1Cl. The van der Waals surface area contributed by atoms with E-state index in [1.807, 2.05) is 28.8 Å². The van der Waals surface area contributed by atoms with Crippen molar-refractivity contribution in [3.8, 4) is 0 Å². The number of nitrogens with zero attached hydrogens (tertiary/aromatic N) is 3. The van der Waals surface area contributed by atoms with Crippen molar-refractivity contribution in [2.24, 2.45) is 0 Å². The maximum absolute atomic E-state index is 12.3. The Bertz CT molecular complexity index is 1070. The van der Waals surface area contributed by atoms with Crippen LogP contribution in [0.4, 0.5) is 5.69 Å². The molecule has 1 amide bonds. The molecule has 5 nitrogen and oxygen atoms in total. The van der Waals surface area contributed by atoms with Crippen molar-refractivity contribution >= 4 is 69.9 Å². The Morgan fingerprint density at radius 1 is 1.06 bits per heavy atom. The van der Waals surface area contributed by atoms with Gasteiger partial charge in [0.25, 0.3) is 0 Å². The van der Waals surface area contributed by atoms with Crippen molar-refractivity contribution in [3.05, 3.63) is 81.6 Å². The molecule has 10 heteroatoms. The molecule has 0 bridgehead atoms. The van der Waals surface area contributed by atoms with Gasteiger partial charge in [0.1, 0.15) is 5.82 Å². The lowest BCUT2D eigenvalue weighted by molar-refractivity contribution is -0.113. The second-order valence-corrected chi connectivity index (χ2v) is 9.51. The fourth-order valence-corrected chi connectivity index (χ4v) is 4.80. The van der Waals surface area contributed by atoms with Gasteiger partial charge in [-0.2, -0.15) is 0 Å². The first kappa shape index (κ1) is 24.0. The van der Waals surface area contributed by atoms with Crippen LogP contribution in [0.25, 0.3) is 0 Å². The van der Waals surface area contributed by atoms with Gasteiger partial charge in [-0.3, -0.25) is 4.79 Å². The van der Waals surface area contributed by atoms with Gasteiger partial charge in [0, 0.05) is 12.3 Å². The number of allylic oxidation sites excluding steroid dienone is 1. The van der Waals surface area contributed by atoms with E-state index < -0.39 is 0 Å². The summed E-state index contributed by atoms with van der Waals surface area (Å²) in [7, 11) is 0. The Morgan fingerprint density at radius 2 is 1.87 bits per heavy atom. The molecular formula is C21H19Cl3N4OS2. The Morgan fingerprint density at radius 3 is 2.61 bits per heavy atom.